The van der Waals surface area contributed by atoms with Crippen LogP contribution in [-0.2, 0) is 4.74 Å². The second kappa shape index (κ2) is 10.0. The number of nitrogens with one attached hydrogen (secondary N) is 1. The van der Waals surface area contributed by atoms with E-state index in [1.165, 1.54) is 32.1 Å². The molecule has 1 unspecified atom stereocenters. The fourth-order valence-electron chi connectivity index (χ4n) is 1.43. The number of rotatable bonds is 9. The van der Waals surface area contributed by atoms with Gasteiger partial charge in [-0.2, -0.15) is 0 Å². The predicted molar refractivity (Wildman–Crippen MR) is 58.1 cm³/mol. The fraction of sp³-hybridized carbons (Fsp3) is 1.00. The molecule has 13 heavy (non-hydrogen) atoms. The van der Waals surface area contributed by atoms with Crippen LogP contribution in [0.2, 0.25) is 0 Å². The molecule has 0 aromatic heterocycles. The second-order valence-electron chi connectivity index (χ2n) is 3.70. The van der Waals surface area contributed by atoms with Gasteiger partial charge in [0.1, 0.15) is 0 Å². The smallest absolute Gasteiger partial charge is 0.0462 e. The lowest BCUT2D eigenvalue weighted by Crippen LogP contribution is -2.26. The Bertz CT molecular complexity index is 96.1. The van der Waals surface area contributed by atoms with Gasteiger partial charge in [-0.1, -0.05) is 13.3 Å². The lowest BCUT2D eigenvalue weighted by atomic mass is 10.2. The van der Waals surface area contributed by atoms with Crippen LogP contribution in [0.3, 0.4) is 0 Å². The SMILES string of the molecule is CCCC(C)NCCCCCOC. The first-order valence-electron chi connectivity index (χ1n) is 5.53. The van der Waals surface area contributed by atoms with Crippen molar-refractivity contribution in [1.29, 1.82) is 0 Å². The Morgan fingerprint density at radius 1 is 1.23 bits per heavy atom. The average molecular weight is 187 g/mol. The van der Waals surface area contributed by atoms with Crippen LogP contribution < -0.4 is 5.32 Å². The minimum atomic E-state index is 0.687. The van der Waals surface area contributed by atoms with Gasteiger partial charge in [0, 0.05) is 19.8 Å². The van der Waals surface area contributed by atoms with E-state index in [2.05, 4.69) is 19.2 Å². The van der Waals surface area contributed by atoms with E-state index >= 15 is 0 Å². The minimum absolute atomic E-state index is 0.687. The summed E-state index contributed by atoms with van der Waals surface area (Å²) in [4.78, 5) is 0. The molecule has 0 rings (SSSR count). The number of methoxy groups -OCH3 is 1. The Balaban J connectivity index is 2.97. The lowest BCUT2D eigenvalue weighted by molar-refractivity contribution is 0.192. The van der Waals surface area contributed by atoms with Gasteiger partial charge in [-0.15, -0.1) is 0 Å². The highest BCUT2D eigenvalue weighted by atomic mass is 16.5. The van der Waals surface area contributed by atoms with Crippen molar-refractivity contribution in [1.82, 2.24) is 5.32 Å². The van der Waals surface area contributed by atoms with Gasteiger partial charge in [0.05, 0.1) is 0 Å². The normalized spacial score (nSPS) is 13.2. The molecule has 2 nitrogen and oxygen atoms in total. The van der Waals surface area contributed by atoms with Gasteiger partial charge in [0.25, 0.3) is 0 Å². The van der Waals surface area contributed by atoms with Crippen molar-refractivity contribution < 1.29 is 4.74 Å². The van der Waals surface area contributed by atoms with Crippen molar-refractivity contribution in [3.8, 4) is 0 Å². The summed E-state index contributed by atoms with van der Waals surface area (Å²) in [5.74, 6) is 0. The van der Waals surface area contributed by atoms with Gasteiger partial charge in [0.15, 0.2) is 0 Å². The van der Waals surface area contributed by atoms with Gasteiger partial charge < -0.3 is 10.1 Å². The molecule has 2 heteroatoms. The van der Waals surface area contributed by atoms with Crippen molar-refractivity contribution in [3.63, 3.8) is 0 Å². The average Bonchev–Trinajstić information content (AvgIpc) is 2.11. The van der Waals surface area contributed by atoms with Crippen molar-refractivity contribution in [3.05, 3.63) is 0 Å². The summed E-state index contributed by atoms with van der Waals surface area (Å²) in [6.07, 6.45) is 6.31. The van der Waals surface area contributed by atoms with Crippen molar-refractivity contribution >= 4 is 0 Å². The second-order valence-corrected chi connectivity index (χ2v) is 3.70. The molecule has 0 aromatic carbocycles. The summed E-state index contributed by atoms with van der Waals surface area (Å²) in [7, 11) is 1.77. The van der Waals surface area contributed by atoms with Crippen LogP contribution in [-0.4, -0.2) is 26.3 Å². The van der Waals surface area contributed by atoms with Gasteiger partial charge in [0.2, 0.25) is 0 Å². The van der Waals surface area contributed by atoms with E-state index in [1.54, 1.807) is 7.11 Å². The Labute approximate surface area is 83.1 Å². The summed E-state index contributed by atoms with van der Waals surface area (Å²) in [5, 5.41) is 3.52. The Kier molecular flexibility index (Phi) is 9.94. The molecular weight excluding hydrogens is 162 g/mol. The largest absolute Gasteiger partial charge is 0.385 e. The summed E-state index contributed by atoms with van der Waals surface area (Å²) in [5.41, 5.74) is 0. The molecule has 0 aliphatic carbocycles. The predicted octanol–water partition coefficient (Wildman–Crippen LogP) is 2.58. The molecule has 0 amide bonds. The number of unbranched alkanes of at least 4 members (excludes halogenated alkanes) is 2. The van der Waals surface area contributed by atoms with E-state index in [0.717, 1.165) is 13.2 Å². The van der Waals surface area contributed by atoms with E-state index in [0.29, 0.717) is 6.04 Å². The number of hydrogen-bond donors (Lipinski definition) is 1. The minimum Gasteiger partial charge on any atom is -0.385 e. The zero-order valence-corrected chi connectivity index (χ0v) is 9.44. The molecule has 0 spiro atoms. The summed E-state index contributed by atoms with van der Waals surface area (Å²) in [6.45, 7) is 6.56. The summed E-state index contributed by atoms with van der Waals surface area (Å²) in [6, 6.07) is 0.687. The first kappa shape index (κ1) is 12.9. The standard InChI is InChI=1S/C11H25NO/c1-4-8-11(2)12-9-6-5-7-10-13-3/h11-12H,4-10H2,1-3H3. The van der Waals surface area contributed by atoms with Crippen molar-refractivity contribution in [2.45, 2.75) is 52.0 Å². The molecule has 80 valence electrons. The third-order valence-electron chi connectivity index (χ3n) is 2.24. The first-order chi connectivity index (χ1) is 6.31. The molecule has 1 atom stereocenters. The molecule has 0 saturated carbocycles. The molecular formula is C11H25NO. The maximum atomic E-state index is 4.99. The van der Waals surface area contributed by atoms with Crippen molar-refractivity contribution in [2.75, 3.05) is 20.3 Å². The third kappa shape index (κ3) is 9.84. The molecule has 0 aromatic rings. The van der Waals surface area contributed by atoms with Crippen LogP contribution >= 0.6 is 0 Å². The molecule has 0 bridgehead atoms. The maximum Gasteiger partial charge on any atom is 0.0462 e. The summed E-state index contributed by atoms with van der Waals surface area (Å²) >= 11 is 0. The van der Waals surface area contributed by atoms with Gasteiger partial charge >= 0.3 is 0 Å². The highest BCUT2D eigenvalue weighted by Gasteiger charge is 1.97. The number of hydrogen-bond acceptors (Lipinski definition) is 2. The van der Waals surface area contributed by atoms with Crippen LogP contribution in [0.1, 0.15) is 46.0 Å². The molecule has 0 aliphatic rings. The number of ether oxygens (including phenoxy) is 1. The van der Waals surface area contributed by atoms with Crippen LogP contribution in [0, 0.1) is 0 Å². The van der Waals surface area contributed by atoms with E-state index < -0.39 is 0 Å². The van der Waals surface area contributed by atoms with Gasteiger partial charge in [-0.3, -0.25) is 0 Å². The molecule has 0 aliphatic heterocycles. The Morgan fingerprint density at radius 2 is 2.00 bits per heavy atom. The zero-order valence-electron chi connectivity index (χ0n) is 9.44. The lowest BCUT2D eigenvalue weighted by Gasteiger charge is -2.11. The van der Waals surface area contributed by atoms with Crippen LogP contribution in [0.5, 0.6) is 0 Å². The fourth-order valence-corrected chi connectivity index (χ4v) is 1.43. The molecule has 0 heterocycles. The molecule has 0 saturated heterocycles. The topological polar surface area (TPSA) is 21.3 Å². The molecule has 0 radical (unpaired) electrons. The van der Waals surface area contributed by atoms with Crippen LogP contribution in [0.25, 0.3) is 0 Å². The highest BCUT2D eigenvalue weighted by Crippen LogP contribution is 1.97. The molecule has 1 N–H and O–H groups in total. The Morgan fingerprint density at radius 3 is 2.62 bits per heavy atom. The van der Waals surface area contributed by atoms with E-state index in [-0.39, 0.29) is 0 Å². The van der Waals surface area contributed by atoms with Gasteiger partial charge in [-0.05, 0) is 39.2 Å². The van der Waals surface area contributed by atoms with Crippen molar-refractivity contribution in [2.24, 2.45) is 0 Å². The third-order valence-corrected chi connectivity index (χ3v) is 2.24. The van der Waals surface area contributed by atoms with Gasteiger partial charge in [-0.25, -0.2) is 0 Å². The summed E-state index contributed by atoms with van der Waals surface area (Å²) < 4.78 is 4.99. The maximum absolute atomic E-state index is 4.99. The first-order valence-corrected chi connectivity index (χ1v) is 5.53. The van der Waals surface area contributed by atoms with Crippen LogP contribution in [0.15, 0.2) is 0 Å². The monoisotopic (exact) mass is 187 g/mol. The van der Waals surface area contributed by atoms with E-state index in [1.807, 2.05) is 0 Å². The zero-order chi connectivity index (χ0) is 9.94. The molecule has 0 fully saturated rings. The quantitative estimate of drug-likeness (QED) is 0.560. The Hall–Kier alpha value is -0.0800. The van der Waals surface area contributed by atoms with Crippen LogP contribution in [0.4, 0.5) is 0 Å². The van der Waals surface area contributed by atoms with E-state index in [9.17, 15) is 0 Å². The van der Waals surface area contributed by atoms with E-state index in [4.69, 9.17) is 4.74 Å². The highest BCUT2D eigenvalue weighted by molar-refractivity contribution is 4.58.